The van der Waals surface area contributed by atoms with Crippen LogP contribution in [0.25, 0.3) is 0 Å². The van der Waals surface area contributed by atoms with Gasteiger partial charge < -0.3 is 10.6 Å². The molecule has 0 unspecified atom stereocenters. The van der Waals surface area contributed by atoms with Crippen LogP contribution >= 0.6 is 0 Å². The predicted octanol–water partition coefficient (Wildman–Crippen LogP) is 0.0183. The third kappa shape index (κ3) is 3.18. The van der Waals surface area contributed by atoms with E-state index in [9.17, 15) is 9.59 Å². The van der Waals surface area contributed by atoms with Crippen molar-refractivity contribution in [2.24, 2.45) is 5.92 Å². The lowest BCUT2D eigenvalue weighted by molar-refractivity contribution is -0.118. The van der Waals surface area contributed by atoms with Gasteiger partial charge in [0.05, 0.1) is 5.70 Å². The van der Waals surface area contributed by atoms with Gasteiger partial charge in [-0.05, 0) is 0 Å². The summed E-state index contributed by atoms with van der Waals surface area (Å²) in [5.74, 6) is -0.0935. The molecule has 0 aliphatic carbocycles. The summed E-state index contributed by atoms with van der Waals surface area (Å²) < 4.78 is 0. The molecule has 0 aromatic carbocycles. The summed E-state index contributed by atoms with van der Waals surface area (Å²) in [6.45, 7) is 3.60. The Morgan fingerprint density at radius 2 is 2.00 bits per heavy atom. The van der Waals surface area contributed by atoms with Gasteiger partial charge >= 0.3 is 0 Å². The van der Waals surface area contributed by atoms with Gasteiger partial charge in [0.1, 0.15) is 0 Å². The summed E-state index contributed by atoms with van der Waals surface area (Å²) in [6.07, 6.45) is 1.88. The van der Waals surface area contributed by atoms with E-state index in [1.165, 1.54) is 6.20 Å². The smallest absolute Gasteiger partial charge is 0.211 e. The van der Waals surface area contributed by atoms with Gasteiger partial charge in [-0.1, -0.05) is 13.8 Å². The largest absolute Gasteiger partial charge is 0.384 e. The van der Waals surface area contributed by atoms with Crippen LogP contribution in [0.2, 0.25) is 0 Å². The molecule has 68 valence electrons. The van der Waals surface area contributed by atoms with Crippen LogP contribution in [0.4, 0.5) is 0 Å². The topological polar surface area (TPSA) is 58.2 Å². The molecule has 0 radical (unpaired) electrons. The van der Waals surface area contributed by atoms with Gasteiger partial charge in [-0.2, -0.15) is 0 Å². The molecule has 4 heteroatoms. The lowest BCUT2D eigenvalue weighted by atomic mass is 10.1. The van der Waals surface area contributed by atoms with Crippen molar-refractivity contribution in [3.8, 4) is 0 Å². The number of Topliss-reactive ketones (excluding diaryl/α,β-unsaturated/α-hetero) is 1. The summed E-state index contributed by atoms with van der Waals surface area (Å²) in [4.78, 5) is 21.2. The Hall–Kier alpha value is -1.32. The normalized spacial score (nSPS) is 11.2. The minimum Gasteiger partial charge on any atom is -0.384 e. The third-order valence-corrected chi connectivity index (χ3v) is 1.35. The number of hydrogen-bond donors (Lipinski definition) is 2. The van der Waals surface area contributed by atoms with Gasteiger partial charge in [-0.15, -0.1) is 0 Å². The monoisotopic (exact) mass is 170 g/mol. The van der Waals surface area contributed by atoms with Crippen molar-refractivity contribution in [1.29, 1.82) is 0 Å². The van der Waals surface area contributed by atoms with Gasteiger partial charge in [0.2, 0.25) is 6.41 Å². The fourth-order valence-corrected chi connectivity index (χ4v) is 0.695. The zero-order valence-electron chi connectivity index (χ0n) is 7.55. The first-order valence-corrected chi connectivity index (χ1v) is 3.75. The second kappa shape index (κ2) is 5.35. The molecular formula is C8H14N2O2. The first kappa shape index (κ1) is 10.7. The van der Waals surface area contributed by atoms with Crippen molar-refractivity contribution in [3.05, 3.63) is 11.9 Å². The molecule has 0 aromatic rings. The Morgan fingerprint density at radius 1 is 1.42 bits per heavy atom. The first-order chi connectivity index (χ1) is 5.63. The highest BCUT2D eigenvalue weighted by Crippen LogP contribution is 2.00. The quantitative estimate of drug-likeness (QED) is 0.451. The molecule has 0 bridgehead atoms. The standard InChI is InChI=1S/C8H14N2O2/c1-6(2)8(12)7(9-3)4-10-5-11/h4-6,9H,1-3H3,(H,10,11)/b7-4-. The summed E-state index contributed by atoms with van der Waals surface area (Å²) in [5.41, 5.74) is 0.414. The van der Waals surface area contributed by atoms with Crippen molar-refractivity contribution in [1.82, 2.24) is 10.6 Å². The molecule has 1 amide bonds. The maximum absolute atomic E-state index is 11.3. The molecule has 0 aliphatic heterocycles. The molecule has 0 rings (SSSR count). The summed E-state index contributed by atoms with van der Waals surface area (Å²) in [6, 6.07) is 0. The summed E-state index contributed by atoms with van der Waals surface area (Å²) >= 11 is 0. The third-order valence-electron chi connectivity index (χ3n) is 1.35. The van der Waals surface area contributed by atoms with E-state index in [0.717, 1.165) is 0 Å². The molecule has 2 N–H and O–H groups in total. The maximum atomic E-state index is 11.3. The number of ketones is 1. The van der Waals surface area contributed by atoms with Crippen molar-refractivity contribution in [2.45, 2.75) is 13.8 Å². The minimum absolute atomic E-state index is 0.0214. The molecular weight excluding hydrogens is 156 g/mol. The molecule has 0 atom stereocenters. The summed E-state index contributed by atoms with van der Waals surface area (Å²) in [7, 11) is 1.64. The number of allylic oxidation sites excluding steroid dienone is 1. The van der Waals surface area contributed by atoms with Crippen LogP contribution in [0.15, 0.2) is 11.9 Å². The highest BCUT2D eigenvalue weighted by Gasteiger charge is 2.11. The SMILES string of the molecule is CN/C(=C\NC=O)C(=O)C(C)C. The van der Waals surface area contributed by atoms with Crippen molar-refractivity contribution in [3.63, 3.8) is 0 Å². The number of carbonyl (C=O) groups excluding carboxylic acids is 2. The van der Waals surface area contributed by atoms with Crippen molar-refractivity contribution < 1.29 is 9.59 Å². The lowest BCUT2D eigenvalue weighted by Crippen LogP contribution is -2.22. The number of nitrogens with one attached hydrogen (secondary N) is 2. The molecule has 4 nitrogen and oxygen atoms in total. The molecule has 0 saturated carbocycles. The van der Waals surface area contributed by atoms with Crippen LogP contribution in [0, 0.1) is 5.92 Å². The fraction of sp³-hybridized carbons (Fsp3) is 0.500. The van der Waals surface area contributed by atoms with Crippen LogP contribution in [-0.2, 0) is 9.59 Å². The van der Waals surface area contributed by atoms with E-state index in [-0.39, 0.29) is 11.7 Å². The van der Waals surface area contributed by atoms with Gasteiger partial charge in [0.15, 0.2) is 5.78 Å². The number of amides is 1. The van der Waals surface area contributed by atoms with Crippen LogP contribution < -0.4 is 10.6 Å². The fourth-order valence-electron chi connectivity index (χ4n) is 0.695. The molecule has 0 saturated heterocycles. The van der Waals surface area contributed by atoms with Crippen LogP contribution in [0.1, 0.15) is 13.8 Å². The van der Waals surface area contributed by atoms with E-state index in [0.29, 0.717) is 12.1 Å². The Bertz CT molecular complexity index is 197. The zero-order chi connectivity index (χ0) is 9.56. The lowest BCUT2D eigenvalue weighted by Gasteiger charge is -2.07. The molecule has 0 aliphatic rings. The van der Waals surface area contributed by atoms with Gasteiger partial charge in [-0.3, -0.25) is 9.59 Å². The van der Waals surface area contributed by atoms with Gasteiger partial charge in [0, 0.05) is 19.2 Å². The Kier molecular flexibility index (Phi) is 4.76. The van der Waals surface area contributed by atoms with E-state index in [1.807, 2.05) is 0 Å². The van der Waals surface area contributed by atoms with Crippen LogP contribution in [0.5, 0.6) is 0 Å². The number of rotatable bonds is 5. The Balaban J connectivity index is 4.33. The van der Waals surface area contributed by atoms with E-state index in [2.05, 4.69) is 10.6 Å². The number of likely N-dealkylation sites (N-methyl/N-ethyl adjacent to an activating group) is 1. The second-order valence-corrected chi connectivity index (χ2v) is 2.61. The minimum atomic E-state index is -0.0721. The van der Waals surface area contributed by atoms with E-state index in [4.69, 9.17) is 0 Å². The van der Waals surface area contributed by atoms with E-state index in [1.54, 1.807) is 20.9 Å². The molecule has 0 heterocycles. The van der Waals surface area contributed by atoms with Crippen molar-refractivity contribution >= 4 is 12.2 Å². The molecule has 0 fully saturated rings. The average molecular weight is 170 g/mol. The second-order valence-electron chi connectivity index (χ2n) is 2.61. The maximum Gasteiger partial charge on any atom is 0.211 e. The first-order valence-electron chi connectivity index (χ1n) is 3.75. The predicted molar refractivity (Wildman–Crippen MR) is 46.2 cm³/mol. The summed E-state index contributed by atoms with van der Waals surface area (Å²) in [5, 5.41) is 5.02. The van der Waals surface area contributed by atoms with E-state index < -0.39 is 0 Å². The Morgan fingerprint density at radius 3 is 2.33 bits per heavy atom. The highest BCUT2D eigenvalue weighted by molar-refractivity contribution is 5.96. The highest BCUT2D eigenvalue weighted by atomic mass is 16.1. The average Bonchev–Trinajstić information content (AvgIpc) is 2.05. The molecule has 0 spiro atoms. The Labute approximate surface area is 72.0 Å². The van der Waals surface area contributed by atoms with Gasteiger partial charge in [0.25, 0.3) is 0 Å². The molecule has 0 aromatic heterocycles. The number of hydrogen-bond acceptors (Lipinski definition) is 3. The number of carbonyl (C=O) groups is 2. The van der Waals surface area contributed by atoms with Gasteiger partial charge in [-0.25, -0.2) is 0 Å². The zero-order valence-corrected chi connectivity index (χ0v) is 7.55. The van der Waals surface area contributed by atoms with E-state index >= 15 is 0 Å². The van der Waals surface area contributed by atoms with Crippen molar-refractivity contribution in [2.75, 3.05) is 7.05 Å². The van der Waals surface area contributed by atoms with Crippen LogP contribution in [0.3, 0.4) is 0 Å². The van der Waals surface area contributed by atoms with Crippen LogP contribution in [-0.4, -0.2) is 19.2 Å². The molecule has 12 heavy (non-hydrogen) atoms.